The third-order valence-corrected chi connectivity index (χ3v) is 4.92. The molecular formula is C21H28ClN3O2. The maximum atomic E-state index is 12.3. The Morgan fingerprint density at radius 2 is 1.85 bits per heavy atom. The summed E-state index contributed by atoms with van der Waals surface area (Å²) in [6.45, 7) is 5.70. The van der Waals surface area contributed by atoms with Crippen molar-refractivity contribution in [2.45, 2.75) is 19.6 Å². The number of aliphatic hydroxyl groups excluding tert-OH is 1. The van der Waals surface area contributed by atoms with E-state index in [0.29, 0.717) is 18.7 Å². The summed E-state index contributed by atoms with van der Waals surface area (Å²) >= 11 is 0. The van der Waals surface area contributed by atoms with E-state index >= 15 is 0 Å². The van der Waals surface area contributed by atoms with Gasteiger partial charge in [0.05, 0.1) is 6.10 Å². The van der Waals surface area contributed by atoms with Gasteiger partial charge in [-0.3, -0.25) is 4.79 Å². The molecule has 1 heterocycles. The van der Waals surface area contributed by atoms with Crippen LogP contribution in [-0.4, -0.2) is 43.3 Å². The molecule has 1 aliphatic rings. The van der Waals surface area contributed by atoms with Gasteiger partial charge in [0, 0.05) is 49.9 Å². The van der Waals surface area contributed by atoms with E-state index < -0.39 is 0 Å². The van der Waals surface area contributed by atoms with Crippen molar-refractivity contribution in [1.82, 2.24) is 10.6 Å². The molecule has 1 fully saturated rings. The number of benzene rings is 2. The first-order valence-corrected chi connectivity index (χ1v) is 9.23. The fourth-order valence-corrected chi connectivity index (χ4v) is 3.27. The summed E-state index contributed by atoms with van der Waals surface area (Å²) in [6, 6.07) is 18.1. The summed E-state index contributed by atoms with van der Waals surface area (Å²) in [7, 11) is 0. The average Bonchev–Trinajstić information content (AvgIpc) is 3.10. The Labute approximate surface area is 167 Å². The first-order valence-electron chi connectivity index (χ1n) is 9.23. The summed E-state index contributed by atoms with van der Waals surface area (Å²) in [5.74, 6) is -0.0126. The number of nitrogens with one attached hydrogen (secondary N) is 2. The molecule has 6 heteroatoms. The predicted molar refractivity (Wildman–Crippen MR) is 112 cm³/mol. The van der Waals surface area contributed by atoms with Crippen molar-refractivity contribution in [3.05, 3.63) is 65.7 Å². The van der Waals surface area contributed by atoms with Crippen LogP contribution in [0.15, 0.2) is 54.6 Å². The molecule has 27 heavy (non-hydrogen) atoms. The van der Waals surface area contributed by atoms with Crippen molar-refractivity contribution in [3.63, 3.8) is 0 Å². The molecule has 0 aliphatic carbocycles. The highest BCUT2D eigenvalue weighted by Crippen LogP contribution is 2.18. The standard InChI is InChI=1S/C21H27N3O2.ClH/c1-2-24(15-16-6-4-3-5-7-16)19-10-8-17(9-11-19)21(26)23-13-18-12-22-14-20(18)25;/h3-11,18,20,22,25H,2,12-15H2,1H3,(H,23,26);1H. The van der Waals surface area contributed by atoms with Gasteiger partial charge in [0.25, 0.3) is 5.91 Å². The zero-order chi connectivity index (χ0) is 18.4. The number of anilines is 1. The molecule has 5 nitrogen and oxygen atoms in total. The highest BCUT2D eigenvalue weighted by Gasteiger charge is 2.25. The van der Waals surface area contributed by atoms with Crippen LogP contribution in [0, 0.1) is 5.92 Å². The van der Waals surface area contributed by atoms with Gasteiger partial charge < -0.3 is 20.6 Å². The van der Waals surface area contributed by atoms with E-state index in [1.165, 1.54) is 5.56 Å². The highest BCUT2D eigenvalue weighted by molar-refractivity contribution is 5.94. The molecule has 2 atom stereocenters. The van der Waals surface area contributed by atoms with Crippen molar-refractivity contribution in [3.8, 4) is 0 Å². The number of hydrogen-bond acceptors (Lipinski definition) is 4. The number of nitrogens with zero attached hydrogens (tertiary/aromatic N) is 1. The molecule has 0 saturated carbocycles. The average molecular weight is 390 g/mol. The van der Waals surface area contributed by atoms with Crippen LogP contribution >= 0.6 is 12.4 Å². The van der Waals surface area contributed by atoms with Crippen molar-refractivity contribution in [2.24, 2.45) is 5.92 Å². The summed E-state index contributed by atoms with van der Waals surface area (Å²) in [5, 5.41) is 15.8. The normalized spacial score (nSPS) is 18.6. The predicted octanol–water partition coefficient (Wildman–Crippen LogP) is 2.44. The van der Waals surface area contributed by atoms with E-state index in [2.05, 4.69) is 34.6 Å². The monoisotopic (exact) mass is 389 g/mol. The Balaban J connectivity index is 0.00000261. The summed E-state index contributed by atoms with van der Waals surface area (Å²) in [6.07, 6.45) is -0.381. The smallest absolute Gasteiger partial charge is 0.251 e. The zero-order valence-corrected chi connectivity index (χ0v) is 16.4. The fourth-order valence-electron chi connectivity index (χ4n) is 3.27. The second kappa shape index (κ2) is 10.3. The number of halogens is 1. The van der Waals surface area contributed by atoms with Crippen molar-refractivity contribution in [1.29, 1.82) is 0 Å². The molecule has 1 aliphatic heterocycles. The zero-order valence-electron chi connectivity index (χ0n) is 15.6. The number of carbonyl (C=O) groups is 1. The van der Waals surface area contributed by atoms with Gasteiger partial charge in [-0.15, -0.1) is 12.4 Å². The van der Waals surface area contributed by atoms with Crippen molar-refractivity contribution < 1.29 is 9.90 Å². The number of carbonyl (C=O) groups excluding carboxylic acids is 1. The Morgan fingerprint density at radius 3 is 2.44 bits per heavy atom. The van der Waals surface area contributed by atoms with Crippen LogP contribution in [0.2, 0.25) is 0 Å². The SMILES string of the molecule is CCN(Cc1ccccc1)c1ccc(C(=O)NCC2CNCC2O)cc1.Cl. The lowest BCUT2D eigenvalue weighted by atomic mass is 10.1. The number of hydrogen-bond donors (Lipinski definition) is 3. The Morgan fingerprint density at radius 1 is 1.15 bits per heavy atom. The van der Waals surface area contributed by atoms with E-state index in [9.17, 15) is 9.90 Å². The summed E-state index contributed by atoms with van der Waals surface area (Å²) in [5.41, 5.74) is 3.01. The molecule has 0 aromatic heterocycles. The molecule has 1 saturated heterocycles. The van der Waals surface area contributed by atoms with Gasteiger partial charge in [0.15, 0.2) is 0 Å². The largest absolute Gasteiger partial charge is 0.391 e. The first kappa shape index (κ1) is 21.2. The van der Waals surface area contributed by atoms with E-state index in [4.69, 9.17) is 0 Å². The van der Waals surface area contributed by atoms with Crippen LogP contribution in [-0.2, 0) is 6.54 Å². The van der Waals surface area contributed by atoms with E-state index in [-0.39, 0.29) is 30.3 Å². The molecule has 146 valence electrons. The highest BCUT2D eigenvalue weighted by atomic mass is 35.5. The third-order valence-electron chi connectivity index (χ3n) is 4.92. The van der Waals surface area contributed by atoms with Crippen LogP contribution in [0.25, 0.3) is 0 Å². The van der Waals surface area contributed by atoms with E-state index in [1.54, 1.807) is 0 Å². The van der Waals surface area contributed by atoms with E-state index in [0.717, 1.165) is 25.3 Å². The molecule has 1 amide bonds. The molecule has 2 unspecified atom stereocenters. The van der Waals surface area contributed by atoms with Crippen LogP contribution in [0.1, 0.15) is 22.8 Å². The van der Waals surface area contributed by atoms with Gasteiger partial charge >= 0.3 is 0 Å². The van der Waals surface area contributed by atoms with Gasteiger partial charge in [-0.2, -0.15) is 0 Å². The quantitative estimate of drug-likeness (QED) is 0.680. The third kappa shape index (κ3) is 5.70. The number of rotatable bonds is 7. The van der Waals surface area contributed by atoms with Crippen LogP contribution in [0.4, 0.5) is 5.69 Å². The lowest BCUT2D eigenvalue weighted by molar-refractivity contribution is 0.0927. The molecule has 0 bridgehead atoms. The minimum Gasteiger partial charge on any atom is -0.391 e. The fraction of sp³-hybridized carbons (Fsp3) is 0.381. The molecular weight excluding hydrogens is 362 g/mol. The topological polar surface area (TPSA) is 64.6 Å². The van der Waals surface area contributed by atoms with Crippen molar-refractivity contribution >= 4 is 24.0 Å². The molecule has 3 N–H and O–H groups in total. The molecule has 0 radical (unpaired) electrons. The van der Waals surface area contributed by atoms with Gasteiger partial charge in [-0.05, 0) is 36.8 Å². The second-order valence-corrected chi connectivity index (χ2v) is 6.74. The Kier molecular flexibility index (Phi) is 8.10. The molecule has 0 spiro atoms. The number of β-amino-alcohol motifs (C(OH)–C–C–N with tert-alkyl or cyclic N) is 1. The second-order valence-electron chi connectivity index (χ2n) is 6.74. The van der Waals surface area contributed by atoms with Crippen LogP contribution in [0.3, 0.4) is 0 Å². The van der Waals surface area contributed by atoms with E-state index in [1.807, 2.05) is 42.5 Å². The number of amides is 1. The lowest BCUT2D eigenvalue weighted by Crippen LogP contribution is -2.34. The molecule has 2 aromatic carbocycles. The summed E-state index contributed by atoms with van der Waals surface area (Å²) < 4.78 is 0. The Bertz CT molecular complexity index is 709. The van der Waals surface area contributed by atoms with Gasteiger partial charge in [0.1, 0.15) is 0 Å². The molecule has 2 aromatic rings. The van der Waals surface area contributed by atoms with Crippen LogP contribution in [0.5, 0.6) is 0 Å². The van der Waals surface area contributed by atoms with Gasteiger partial charge in [-0.25, -0.2) is 0 Å². The first-order chi connectivity index (χ1) is 12.7. The Hall–Kier alpha value is -2.08. The number of aliphatic hydroxyl groups is 1. The van der Waals surface area contributed by atoms with Gasteiger partial charge in [-0.1, -0.05) is 30.3 Å². The van der Waals surface area contributed by atoms with Crippen LogP contribution < -0.4 is 15.5 Å². The van der Waals surface area contributed by atoms with Gasteiger partial charge in [0.2, 0.25) is 0 Å². The summed E-state index contributed by atoms with van der Waals surface area (Å²) in [4.78, 5) is 14.6. The minimum atomic E-state index is -0.381. The maximum absolute atomic E-state index is 12.3. The van der Waals surface area contributed by atoms with Crippen molar-refractivity contribution in [2.75, 3.05) is 31.1 Å². The molecule has 3 rings (SSSR count). The lowest BCUT2D eigenvalue weighted by Gasteiger charge is -2.23. The maximum Gasteiger partial charge on any atom is 0.251 e. The minimum absolute atomic E-state index is 0.